The molecule has 2 aromatic heterocycles. The summed E-state index contributed by atoms with van der Waals surface area (Å²) < 4.78 is 44.4. The first kappa shape index (κ1) is 20.9. The SMILES string of the molecule is N#Cc1c(-c2ccc(Oc3ccccc3)cc2)nn2c(CNC(=O)C(F)(F)F)ccnc12. The number of alkyl halides is 3. The van der Waals surface area contributed by atoms with Crippen LogP contribution in [-0.2, 0) is 11.3 Å². The normalized spacial score (nSPS) is 11.2. The Morgan fingerprint density at radius 1 is 1.06 bits per heavy atom. The van der Waals surface area contributed by atoms with Crippen LogP contribution in [-0.4, -0.2) is 26.7 Å². The predicted octanol–water partition coefficient (Wildman–Crippen LogP) is 4.24. The van der Waals surface area contributed by atoms with Gasteiger partial charge in [0, 0.05) is 11.8 Å². The molecular weight excluding hydrogens is 423 g/mol. The Bertz CT molecular complexity index is 1310. The van der Waals surface area contributed by atoms with E-state index in [-0.39, 0.29) is 16.9 Å². The molecule has 0 radical (unpaired) electrons. The number of nitrogens with one attached hydrogen (secondary N) is 1. The molecule has 0 aliphatic heterocycles. The number of nitriles is 1. The number of ether oxygens (including phenoxy) is 1. The van der Waals surface area contributed by atoms with Gasteiger partial charge in [-0.3, -0.25) is 4.79 Å². The fraction of sp³-hybridized carbons (Fsp3) is 0.0909. The van der Waals surface area contributed by atoms with Crippen LogP contribution >= 0.6 is 0 Å². The largest absolute Gasteiger partial charge is 0.471 e. The third-order valence-corrected chi connectivity index (χ3v) is 4.50. The molecule has 1 N–H and O–H groups in total. The molecule has 32 heavy (non-hydrogen) atoms. The van der Waals surface area contributed by atoms with Gasteiger partial charge in [0.25, 0.3) is 0 Å². The molecule has 0 unspecified atom stereocenters. The lowest BCUT2D eigenvalue weighted by Gasteiger charge is -2.08. The number of para-hydroxylation sites is 1. The summed E-state index contributed by atoms with van der Waals surface area (Å²) in [7, 11) is 0. The second kappa shape index (κ2) is 8.39. The fourth-order valence-corrected chi connectivity index (χ4v) is 3.01. The van der Waals surface area contributed by atoms with Gasteiger partial charge < -0.3 is 10.1 Å². The van der Waals surface area contributed by atoms with Crippen molar-refractivity contribution in [2.75, 3.05) is 0 Å². The molecule has 0 bridgehead atoms. The Kier molecular flexibility index (Phi) is 5.47. The van der Waals surface area contributed by atoms with E-state index in [1.54, 1.807) is 29.6 Å². The first-order valence-electron chi connectivity index (χ1n) is 9.32. The lowest BCUT2D eigenvalue weighted by molar-refractivity contribution is -0.173. The van der Waals surface area contributed by atoms with Crippen LogP contribution in [0.1, 0.15) is 11.3 Å². The summed E-state index contributed by atoms with van der Waals surface area (Å²) in [5.74, 6) is -0.819. The average molecular weight is 437 g/mol. The predicted molar refractivity (Wildman–Crippen MR) is 108 cm³/mol. The van der Waals surface area contributed by atoms with Gasteiger partial charge in [-0.2, -0.15) is 23.5 Å². The third kappa shape index (κ3) is 4.22. The van der Waals surface area contributed by atoms with Crippen LogP contribution < -0.4 is 10.1 Å². The van der Waals surface area contributed by atoms with Crippen LogP contribution in [0.4, 0.5) is 13.2 Å². The van der Waals surface area contributed by atoms with Crippen molar-refractivity contribution in [3.05, 3.63) is 78.1 Å². The number of halogens is 3. The van der Waals surface area contributed by atoms with Gasteiger partial charge in [0.15, 0.2) is 5.65 Å². The Morgan fingerprint density at radius 3 is 2.41 bits per heavy atom. The fourth-order valence-electron chi connectivity index (χ4n) is 3.01. The van der Waals surface area contributed by atoms with Crippen LogP contribution in [0.25, 0.3) is 16.9 Å². The molecule has 1 amide bonds. The number of carbonyl (C=O) groups is 1. The molecule has 10 heteroatoms. The average Bonchev–Trinajstić information content (AvgIpc) is 3.17. The number of aromatic nitrogens is 3. The minimum atomic E-state index is -5.00. The summed E-state index contributed by atoms with van der Waals surface area (Å²) in [6.45, 7) is -0.437. The van der Waals surface area contributed by atoms with Gasteiger partial charge in [-0.05, 0) is 42.5 Å². The summed E-state index contributed by atoms with van der Waals surface area (Å²) in [6, 6.07) is 19.5. The van der Waals surface area contributed by atoms with Gasteiger partial charge in [0.05, 0.1) is 12.2 Å². The number of hydrogen-bond acceptors (Lipinski definition) is 5. The molecule has 0 saturated carbocycles. The van der Waals surface area contributed by atoms with Crippen molar-refractivity contribution < 1.29 is 22.7 Å². The van der Waals surface area contributed by atoms with E-state index in [9.17, 15) is 23.2 Å². The highest BCUT2D eigenvalue weighted by atomic mass is 19.4. The number of nitrogens with zero attached hydrogens (tertiary/aromatic N) is 4. The van der Waals surface area contributed by atoms with Crippen molar-refractivity contribution in [3.8, 4) is 28.8 Å². The highest BCUT2D eigenvalue weighted by Crippen LogP contribution is 2.28. The van der Waals surface area contributed by atoms with Crippen LogP contribution in [0.5, 0.6) is 11.5 Å². The third-order valence-electron chi connectivity index (χ3n) is 4.50. The number of hydrogen-bond donors (Lipinski definition) is 1. The quantitative estimate of drug-likeness (QED) is 0.504. The zero-order chi connectivity index (χ0) is 22.7. The van der Waals surface area contributed by atoms with Gasteiger partial charge in [-0.15, -0.1) is 0 Å². The standard InChI is InChI=1S/C22H14F3N5O2/c23-22(24,25)21(31)28-13-15-10-11-27-20-18(12-26)19(29-30(15)20)14-6-8-17(9-7-14)32-16-4-2-1-3-5-16/h1-11H,13H2,(H,28,31). The lowest BCUT2D eigenvalue weighted by atomic mass is 10.1. The van der Waals surface area contributed by atoms with Crippen molar-refractivity contribution >= 4 is 11.6 Å². The molecule has 7 nitrogen and oxygen atoms in total. The van der Waals surface area contributed by atoms with Crippen molar-refractivity contribution in [1.29, 1.82) is 5.26 Å². The zero-order valence-corrected chi connectivity index (χ0v) is 16.3. The van der Waals surface area contributed by atoms with E-state index in [2.05, 4.69) is 10.1 Å². The number of fused-ring (bicyclic) bond motifs is 1. The summed E-state index contributed by atoms with van der Waals surface area (Å²) in [4.78, 5) is 15.3. The van der Waals surface area contributed by atoms with Crippen molar-refractivity contribution in [3.63, 3.8) is 0 Å². The van der Waals surface area contributed by atoms with E-state index in [4.69, 9.17) is 4.74 Å². The Hall–Kier alpha value is -4.39. The lowest BCUT2D eigenvalue weighted by Crippen LogP contribution is -2.36. The van der Waals surface area contributed by atoms with Crippen LogP contribution in [0.3, 0.4) is 0 Å². The summed E-state index contributed by atoms with van der Waals surface area (Å²) >= 11 is 0. The second-order valence-electron chi connectivity index (χ2n) is 6.63. The molecule has 0 fully saturated rings. The highest BCUT2D eigenvalue weighted by Gasteiger charge is 2.38. The van der Waals surface area contributed by atoms with Gasteiger partial charge in [0.1, 0.15) is 28.8 Å². The first-order valence-corrected chi connectivity index (χ1v) is 9.32. The number of carbonyl (C=O) groups excluding carboxylic acids is 1. The van der Waals surface area contributed by atoms with Gasteiger partial charge in [-0.25, -0.2) is 9.50 Å². The maximum absolute atomic E-state index is 12.5. The topological polar surface area (TPSA) is 92.3 Å². The molecule has 2 aromatic carbocycles. The summed E-state index contributed by atoms with van der Waals surface area (Å²) in [5.41, 5.74) is 1.47. The van der Waals surface area contributed by atoms with Gasteiger partial charge in [0.2, 0.25) is 0 Å². The van der Waals surface area contributed by atoms with E-state index in [1.165, 1.54) is 16.8 Å². The van der Waals surface area contributed by atoms with Gasteiger partial charge in [-0.1, -0.05) is 18.2 Å². The Labute approximate surface area is 179 Å². The maximum atomic E-state index is 12.5. The van der Waals surface area contributed by atoms with Crippen molar-refractivity contribution in [2.24, 2.45) is 0 Å². The number of benzene rings is 2. The molecule has 4 aromatic rings. The Balaban J connectivity index is 1.64. The molecule has 160 valence electrons. The molecule has 2 heterocycles. The van der Waals surface area contributed by atoms with Crippen molar-refractivity contribution in [2.45, 2.75) is 12.7 Å². The van der Waals surface area contributed by atoms with Crippen LogP contribution in [0.15, 0.2) is 66.9 Å². The zero-order valence-electron chi connectivity index (χ0n) is 16.3. The molecule has 0 aliphatic carbocycles. The number of amides is 1. The summed E-state index contributed by atoms with van der Waals surface area (Å²) in [6.07, 6.45) is -3.66. The second-order valence-corrected chi connectivity index (χ2v) is 6.63. The molecule has 0 atom stereocenters. The molecular formula is C22H14F3N5O2. The van der Waals surface area contributed by atoms with E-state index < -0.39 is 18.6 Å². The smallest absolute Gasteiger partial charge is 0.457 e. The molecule has 0 saturated heterocycles. The Morgan fingerprint density at radius 2 is 1.75 bits per heavy atom. The monoisotopic (exact) mass is 437 g/mol. The number of rotatable bonds is 5. The van der Waals surface area contributed by atoms with E-state index in [0.29, 0.717) is 22.8 Å². The van der Waals surface area contributed by atoms with E-state index in [0.717, 1.165) is 0 Å². The summed E-state index contributed by atoms with van der Waals surface area (Å²) in [5, 5.41) is 15.8. The minimum absolute atomic E-state index is 0.158. The first-order chi connectivity index (χ1) is 15.4. The minimum Gasteiger partial charge on any atom is -0.457 e. The maximum Gasteiger partial charge on any atom is 0.471 e. The molecule has 0 spiro atoms. The van der Waals surface area contributed by atoms with E-state index in [1.807, 2.05) is 36.4 Å². The highest BCUT2D eigenvalue weighted by molar-refractivity contribution is 5.81. The van der Waals surface area contributed by atoms with Crippen molar-refractivity contribution in [1.82, 2.24) is 19.9 Å². The van der Waals surface area contributed by atoms with Crippen LogP contribution in [0.2, 0.25) is 0 Å². The van der Waals surface area contributed by atoms with Crippen LogP contribution in [0, 0.1) is 11.3 Å². The van der Waals surface area contributed by atoms with Gasteiger partial charge >= 0.3 is 12.1 Å². The van der Waals surface area contributed by atoms with E-state index >= 15 is 0 Å². The molecule has 0 aliphatic rings. The molecule has 4 rings (SSSR count).